The highest BCUT2D eigenvalue weighted by Crippen LogP contribution is 2.18. The van der Waals surface area contributed by atoms with Crippen molar-refractivity contribution in [2.24, 2.45) is 5.73 Å². The molecule has 0 unspecified atom stereocenters. The predicted molar refractivity (Wildman–Crippen MR) is 88.4 cm³/mol. The number of aliphatic hydroxyl groups excluding tert-OH is 1. The molecule has 0 amide bonds. The summed E-state index contributed by atoms with van der Waals surface area (Å²) in [5.74, 6) is 0. The van der Waals surface area contributed by atoms with Crippen LogP contribution in [0.15, 0.2) is 18.2 Å². The zero-order valence-electron chi connectivity index (χ0n) is 12.5. The van der Waals surface area contributed by atoms with Crippen molar-refractivity contribution < 1.29 is 9.84 Å². The SMILES string of the molecule is Cc1cc(C(N)=S)ccc1CN1CCC(OCCO)CC1. The van der Waals surface area contributed by atoms with E-state index in [2.05, 4.69) is 24.0 Å². The van der Waals surface area contributed by atoms with Gasteiger partial charge in [0.05, 0.1) is 19.3 Å². The number of nitrogens with zero attached hydrogens (tertiary/aromatic N) is 1. The van der Waals surface area contributed by atoms with Crippen molar-refractivity contribution in [2.75, 3.05) is 26.3 Å². The Labute approximate surface area is 131 Å². The Hall–Kier alpha value is -1.01. The van der Waals surface area contributed by atoms with Crippen molar-refractivity contribution in [3.63, 3.8) is 0 Å². The number of ether oxygens (including phenoxy) is 1. The van der Waals surface area contributed by atoms with Crippen molar-refractivity contribution in [1.82, 2.24) is 4.90 Å². The van der Waals surface area contributed by atoms with E-state index in [-0.39, 0.29) is 6.61 Å². The highest BCUT2D eigenvalue weighted by molar-refractivity contribution is 7.80. The molecule has 1 heterocycles. The lowest BCUT2D eigenvalue weighted by molar-refractivity contribution is -0.00903. The fraction of sp³-hybridized carbons (Fsp3) is 0.562. The van der Waals surface area contributed by atoms with Crippen LogP contribution in [0, 0.1) is 6.92 Å². The summed E-state index contributed by atoms with van der Waals surface area (Å²) in [6, 6.07) is 6.19. The van der Waals surface area contributed by atoms with Crippen LogP contribution < -0.4 is 5.73 Å². The van der Waals surface area contributed by atoms with Gasteiger partial charge in [0, 0.05) is 25.2 Å². The highest BCUT2D eigenvalue weighted by Gasteiger charge is 2.19. The molecule has 1 aliphatic heterocycles. The third-order valence-corrected chi connectivity index (χ3v) is 4.24. The number of aryl methyl sites for hydroxylation is 1. The Balaban J connectivity index is 1.87. The molecule has 0 radical (unpaired) electrons. The van der Waals surface area contributed by atoms with Gasteiger partial charge in [-0.3, -0.25) is 4.90 Å². The quantitative estimate of drug-likeness (QED) is 0.782. The number of piperidine rings is 1. The van der Waals surface area contributed by atoms with E-state index in [1.807, 2.05) is 6.07 Å². The van der Waals surface area contributed by atoms with Gasteiger partial charge in [0.15, 0.2) is 0 Å². The predicted octanol–water partition coefficient (Wildman–Crippen LogP) is 1.60. The summed E-state index contributed by atoms with van der Waals surface area (Å²) < 4.78 is 5.59. The van der Waals surface area contributed by atoms with Crippen molar-refractivity contribution in [1.29, 1.82) is 0 Å². The second-order valence-electron chi connectivity index (χ2n) is 5.58. The Bertz CT molecular complexity index is 485. The number of nitrogens with two attached hydrogens (primary N) is 1. The molecule has 116 valence electrons. The van der Waals surface area contributed by atoms with Gasteiger partial charge in [-0.25, -0.2) is 0 Å². The first-order valence-electron chi connectivity index (χ1n) is 7.44. The maximum absolute atomic E-state index is 8.78. The van der Waals surface area contributed by atoms with Crippen LogP contribution >= 0.6 is 12.2 Å². The lowest BCUT2D eigenvalue weighted by Crippen LogP contribution is -2.37. The second-order valence-corrected chi connectivity index (χ2v) is 6.02. The van der Waals surface area contributed by atoms with Crippen molar-refractivity contribution in [3.05, 3.63) is 34.9 Å². The van der Waals surface area contributed by atoms with E-state index < -0.39 is 0 Å². The summed E-state index contributed by atoms with van der Waals surface area (Å²) in [4.78, 5) is 2.90. The lowest BCUT2D eigenvalue weighted by atomic mass is 10.0. The van der Waals surface area contributed by atoms with Gasteiger partial charge >= 0.3 is 0 Å². The number of hydrogen-bond donors (Lipinski definition) is 2. The molecule has 0 saturated carbocycles. The standard InChI is InChI=1S/C16H24N2O2S/c1-12-10-13(16(17)21)2-3-14(12)11-18-6-4-15(5-7-18)20-9-8-19/h2-3,10,15,19H,4-9,11H2,1H3,(H2,17,21). The molecule has 0 aliphatic carbocycles. The van der Waals surface area contributed by atoms with Gasteiger partial charge in [-0.2, -0.15) is 0 Å². The third-order valence-electron chi connectivity index (χ3n) is 4.00. The Morgan fingerprint density at radius 3 is 2.71 bits per heavy atom. The van der Waals surface area contributed by atoms with E-state index in [4.69, 9.17) is 27.8 Å². The van der Waals surface area contributed by atoms with E-state index in [0.717, 1.165) is 38.0 Å². The summed E-state index contributed by atoms with van der Waals surface area (Å²) in [5.41, 5.74) is 9.15. The maximum atomic E-state index is 8.78. The summed E-state index contributed by atoms with van der Waals surface area (Å²) in [6.07, 6.45) is 2.36. The lowest BCUT2D eigenvalue weighted by Gasteiger charge is -2.32. The minimum absolute atomic E-state index is 0.106. The van der Waals surface area contributed by atoms with Gasteiger partial charge in [-0.05, 0) is 37.0 Å². The monoisotopic (exact) mass is 308 g/mol. The van der Waals surface area contributed by atoms with Crippen LogP contribution in [0.3, 0.4) is 0 Å². The smallest absolute Gasteiger partial charge is 0.103 e. The molecule has 1 aromatic carbocycles. The number of benzene rings is 1. The van der Waals surface area contributed by atoms with Crippen LogP contribution in [0.25, 0.3) is 0 Å². The van der Waals surface area contributed by atoms with Crippen molar-refractivity contribution in [3.8, 4) is 0 Å². The first-order chi connectivity index (χ1) is 10.1. The van der Waals surface area contributed by atoms with E-state index >= 15 is 0 Å². The zero-order chi connectivity index (χ0) is 15.2. The minimum Gasteiger partial charge on any atom is -0.394 e. The molecule has 5 heteroatoms. The fourth-order valence-electron chi connectivity index (χ4n) is 2.72. The maximum Gasteiger partial charge on any atom is 0.103 e. The number of rotatable bonds is 6. The molecule has 1 aromatic rings. The summed E-state index contributed by atoms with van der Waals surface area (Å²) >= 11 is 5.01. The van der Waals surface area contributed by atoms with Gasteiger partial charge in [-0.15, -0.1) is 0 Å². The Kier molecular flexibility index (Phi) is 6.11. The second kappa shape index (κ2) is 7.84. The molecular weight excluding hydrogens is 284 g/mol. The largest absolute Gasteiger partial charge is 0.394 e. The van der Waals surface area contributed by atoms with Gasteiger partial charge < -0.3 is 15.6 Å². The van der Waals surface area contributed by atoms with Crippen LogP contribution in [0.4, 0.5) is 0 Å². The van der Waals surface area contributed by atoms with Crippen LogP contribution in [0.5, 0.6) is 0 Å². The Morgan fingerprint density at radius 1 is 1.43 bits per heavy atom. The van der Waals surface area contributed by atoms with Crippen LogP contribution in [0.1, 0.15) is 29.5 Å². The molecule has 2 rings (SSSR count). The van der Waals surface area contributed by atoms with Crippen molar-refractivity contribution >= 4 is 17.2 Å². The Morgan fingerprint density at radius 2 is 2.14 bits per heavy atom. The fourth-order valence-corrected chi connectivity index (χ4v) is 2.85. The molecule has 1 aliphatic rings. The first-order valence-corrected chi connectivity index (χ1v) is 7.85. The number of aliphatic hydroxyl groups is 1. The molecule has 21 heavy (non-hydrogen) atoms. The average Bonchev–Trinajstić information content (AvgIpc) is 2.48. The first kappa shape index (κ1) is 16.4. The highest BCUT2D eigenvalue weighted by atomic mass is 32.1. The number of hydrogen-bond acceptors (Lipinski definition) is 4. The normalized spacial score (nSPS) is 17.0. The van der Waals surface area contributed by atoms with E-state index in [1.54, 1.807) is 0 Å². The molecule has 1 saturated heterocycles. The molecule has 0 bridgehead atoms. The van der Waals surface area contributed by atoms with Gasteiger partial charge in [0.2, 0.25) is 0 Å². The summed E-state index contributed by atoms with van der Waals surface area (Å²) in [6.45, 7) is 5.68. The minimum atomic E-state index is 0.106. The molecule has 1 fully saturated rings. The molecule has 0 atom stereocenters. The van der Waals surface area contributed by atoms with Crippen LogP contribution in [-0.2, 0) is 11.3 Å². The zero-order valence-corrected chi connectivity index (χ0v) is 13.4. The summed E-state index contributed by atoms with van der Waals surface area (Å²) in [7, 11) is 0. The molecule has 4 nitrogen and oxygen atoms in total. The molecule has 3 N–H and O–H groups in total. The summed E-state index contributed by atoms with van der Waals surface area (Å²) in [5, 5.41) is 8.78. The molecule has 0 aromatic heterocycles. The van der Waals surface area contributed by atoms with Crippen molar-refractivity contribution in [2.45, 2.75) is 32.4 Å². The topological polar surface area (TPSA) is 58.7 Å². The average molecular weight is 308 g/mol. The van der Waals surface area contributed by atoms with Gasteiger partial charge in [-0.1, -0.05) is 24.4 Å². The third kappa shape index (κ3) is 4.74. The van der Waals surface area contributed by atoms with Gasteiger partial charge in [0.25, 0.3) is 0 Å². The van der Waals surface area contributed by atoms with E-state index in [9.17, 15) is 0 Å². The van der Waals surface area contributed by atoms with Crippen LogP contribution in [0.2, 0.25) is 0 Å². The van der Waals surface area contributed by atoms with E-state index in [0.29, 0.717) is 17.7 Å². The van der Waals surface area contributed by atoms with Gasteiger partial charge in [0.1, 0.15) is 4.99 Å². The van der Waals surface area contributed by atoms with E-state index in [1.165, 1.54) is 11.1 Å². The van der Waals surface area contributed by atoms with Crippen LogP contribution in [-0.4, -0.2) is 47.4 Å². The molecule has 0 spiro atoms. The molecular formula is C16H24N2O2S. The number of thiocarbonyl (C=S) groups is 1. The number of likely N-dealkylation sites (tertiary alicyclic amines) is 1.